The maximum absolute atomic E-state index is 12.6. The zero-order chi connectivity index (χ0) is 17.2. The van der Waals surface area contributed by atoms with E-state index in [1.807, 2.05) is 24.3 Å². The minimum absolute atomic E-state index is 0.222. The monoisotopic (exact) mass is 337 g/mol. The summed E-state index contributed by atoms with van der Waals surface area (Å²) in [5, 5.41) is 6.80. The Morgan fingerprint density at radius 2 is 2.12 bits per heavy atom. The van der Waals surface area contributed by atoms with Gasteiger partial charge in [0.25, 0.3) is 5.91 Å². The number of ether oxygens (including phenoxy) is 2. The molecule has 0 saturated carbocycles. The predicted octanol–water partition coefficient (Wildman–Crippen LogP) is 2.70. The van der Waals surface area contributed by atoms with Gasteiger partial charge in [0.2, 0.25) is 6.79 Å². The van der Waals surface area contributed by atoms with Crippen LogP contribution >= 0.6 is 0 Å². The van der Waals surface area contributed by atoms with Crippen molar-refractivity contribution in [1.82, 2.24) is 15.5 Å². The topological polar surface area (TPSA) is 86.5 Å². The van der Waals surface area contributed by atoms with Crippen LogP contribution < -0.4 is 14.8 Å². The van der Waals surface area contributed by atoms with Crippen LogP contribution in [-0.4, -0.2) is 22.8 Å². The molecular weight excluding hydrogens is 322 g/mol. The number of benzene rings is 1. The number of carbonyl (C=O) groups excluding carboxylic acids is 1. The van der Waals surface area contributed by atoms with Gasteiger partial charge in [-0.05, 0) is 36.8 Å². The number of nitrogens with zero attached hydrogens (tertiary/aromatic N) is 2. The average molecular weight is 337 g/mol. The van der Waals surface area contributed by atoms with Crippen molar-refractivity contribution >= 4 is 5.91 Å². The highest BCUT2D eigenvalue weighted by atomic mass is 16.7. The molecule has 4 rings (SSSR count). The number of hydrogen-bond acceptors (Lipinski definition) is 6. The first-order valence-corrected chi connectivity index (χ1v) is 7.76. The minimum atomic E-state index is -0.254. The molecule has 1 N–H and O–H groups in total. The third kappa shape index (κ3) is 2.91. The number of aryl methyl sites for hydroxylation is 1. The zero-order valence-corrected chi connectivity index (χ0v) is 13.5. The fourth-order valence-electron chi connectivity index (χ4n) is 2.65. The molecule has 1 aliphatic rings. The number of nitrogens with one attached hydrogen (secondary N) is 1. The molecule has 3 heterocycles. The van der Waals surface area contributed by atoms with E-state index < -0.39 is 0 Å². The van der Waals surface area contributed by atoms with E-state index in [1.54, 1.807) is 25.4 Å². The van der Waals surface area contributed by atoms with Gasteiger partial charge >= 0.3 is 0 Å². The van der Waals surface area contributed by atoms with E-state index in [0.29, 0.717) is 40.6 Å². The minimum Gasteiger partial charge on any atom is -0.454 e. The van der Waals surface area contributed by atoms with Crippen LogP contribution in [0.5, 0.6) is 11.5 Å². The van der Waals surface area contributed by atoms with Gasteiger partial charge in [-0.15, -0.1) is 0 Å². The molecule has 0 saturated heterocycles. The van der Waals surface area contributed by atoms with Gasteiger partial charge in [-0.1, -0.05) is 11.2 Å². The Morgan fingerprint density at radius 3 is 2.96 bits per heavy atom. The van der Waals surface area contributed by atoms with Gasteiger partial charge < -0.3 is 19.3 Å². The molecule has 2 aromatic heterocycles. The maximum atomic E-state index is 12.6. The summed E-state index contributed by atoms with van der Waals surface area (Å²) in [6, 6.07) is 9.17. The van der Waals surface area contributed by atoms with E-state index in [9.17, 15) is 4.79 Å². The van der Waals surface area contributed by atoms with E-state index >= 15 is 0 Å². The molecular formula is C18H15N3O4. The molecule has 25 heavy (non-hydrogen) atoms. The molecule has 0 bridgehead atoms. The van der Waals surface area contributed by atoms with Crippen LogP contribution in [0, 0.1) is 6.92 Å². The van der Waals surface area contributed by atoms with E-state index in [-0.39, 0.29) is 12.7 Å². The first-order chi connectivity index (χ1) is 12.2. The molecule has 7 heteroatoms. The molecule has 1 amide bonds. The SMILES string of the molecule is Cc1noc(-c2cccnc2)c1C(=O)NCc1ccc2c(c1)OCO2. The zero-order valence-electron chi connectivity index (χ0n) is 13.5. The van der Waals surface area contributed by atoms with Gasteiger partial charge in [-0.25, -0.2) is 0 Å². The number of aromatic nitrogens is 2. The number of hydrogen-bond donors (Lipinski definition) is 1. The Labute approximate surface area is 143 Å². The van der Waals surface area contributed by atoms with Crippen molar-refractivity contribution < 1.29 is 18.8 Å². The Balaban J connectivity index is 1.53. The van der Waals surface area contributed by atoms with E-state index in [2.05, 4.69) is 15.5 Å². The van der Waals surface area contributed by atoms with Crippen LogP contribution in [0.1, 0.15) is 21.6 Å². The predicted molar refractivity (Wildman–Crippen MR) is 88.2 cm³/mol. The highest BCUT2D eigenvalue weighted by molar-refractivity contribution is 6.00. The number of amides is 1. The van der Waals surface area contributed by atoms with Crippen molar-refractivity contribution in [3.63, 3.8) is 0 Å². The Morgan fingerprint density at radius 1 is 1.24 bits per heavy atom. The van der Waals surface area contributed by atoms with Crippen LogP contribution in [0.3, 0.4) is 0 Å². The van der Waals surface area contributed by atoms with Crippen molar-refractivity contribution in [1.29, 1.82) is 0 Å². The number of pyridine rings is 1. The van der Waals surface area contributed by atoms with Crippen LogP contribution in [0.4, 0.5) is 0 Å². The molecule has 1 aliphatic heterocycles. The first-order valence-electron chi connectivity index (χ1n) is 7.76. The van der Waals surface area contributed by atoms with Crippen LogP contribution in [-0.2, 0) is 6.54 Å². The van der Waals surface area contributed by atoms with E-state index in [1.165, 1.54) is 0 Å². The van der Waals surface area contributed by atoms with Crippen LogP contribution in [0.15, 0.2) is 47.2 Å². The Bertz CT molecular complexity index is 921. The molecule has 0 radical (unpaired) electrons. The number of fused-ring (bicyclic) bond motifs is 1. The highest BCUT2D eigenvalue weighted by Gasteiger charge is 2.22. The molecule has 0 spiro atoms. The molecule has 0 aliphatic carbocycles. The average Bonchev–Trinajstić information content (AvgIpc) is 3.26. The molecule has 126 valence electrons. The molecule has 0 unspecified atom stereocenters. The second kappa shape index (κ2) is 6.27. The van der Waals surface area contributed by atoms with Gasteiger partial charge in [0.15, 0.2) is 17.3 Å². The summed E-state index contributed by atoms with van der Waals surface area (Å²) in [6.07, 6.45) is 3.29. The quantitative estimate of drug-likeness (QED) is 0.788. The van der Waals surface area contributed by atoms with Gasteiger partial charge in [0.05, 0.1) is 5.69 Å². The molecule has 3 aromatic rings. The van der Waals surface area contributed by atoms with Crippen molar-refractivity contribution in [2.24, 2.45) is 0 Å². The lowest BCUT2D eigenvalue weighted by Gasteiger charge is -2.07. The molecule has 1 aromatic carbocycles. The normalized spacial score (nSPS) is 12.2. The summed E-state index contributed by atoms with van der Waals surface area (Å²) in [5.41, 5.74) is 2.56. The summed E-state index contributed by atoms with van der Waals surface area (Å²) < 4.78 is 16.0. The second-order valence-corrected chi connectivity index (χ2v) is 5.58. The second-order valence-electron chi connectivity index (χ2n) is 5.58. The Hall–Kier alpha value is -3.35. The van der Waals surface area contributed by atoms with Crippen molar-refractivity contribution in [3.05, 3.63) is 59.5 Å². The Kier molecular flexibility index (Phi) is 3.81. The van der Waals surface area contributed by atoms with Gasteiger partial charge in [0.1, 0.15) is 5.56 Å². The van der Waals surface area contributed by atoms with Crippen molar-refractivity contribution in [2.45, 2.75) is 13.5 Å². The summed E-state index contributed by atoms with van der Waals surface area (Å²) in [6.45, 7) is 2.31. The maximum Gasteiger partial charge on any atom is 0.257 e. The summed E-state index contributed by atoms with van der Waals surface area (Å²) in [5.74, 6) is 1.55. The molecule has 0 fully saturated rings. The fraction of sp³-hybridized carbons (Fsp3) is 0.167. The van der Waals surface area contributed by atoms with Crippen molar-refractivity contribution in [3.8, 4) is 22.8 Å². The fourth-order valence-corrected chi connectivity index (χ4v) is 2.65. The highest BCUT2D eigenvalue weighted by Crippen LogP contribution is 2.32. The third-order valence-corrected chi connectivity index (χ3v) is 3.90. The lowest BCUT2D eigenvalue weighted by molar-refractivity contribution is 0.0950. The lowest BCUT2D eigenvalue weighted by atomic mass is 10.1. The first kappa shape index (κ1) is 15.2. The van der Waals surface area contributed by atoms with E-state index in [4.69, 9.17) is 14.0 Å². The van der Waals surface area contributed by atoms with E-state index in [0.717, 1.165) is 5.56 Å². The number of carbonyl (C=O) groups is 1. The lowest BCUT2D eigenvalue weighted by Crippen LogP contribution is -2.23. The van der Waals surface area contributed by atoms with Gasteiger partial charge in [-0.3, -0.25) is 9.78 Å². The molecule has 7 nitrogen and oxygen atoms in total. The van der Waals surface area contributed by atoms with Crippen LogP contribution in [0.2, 0.25) is 0 Å². The third-order valence-electron chi connectivity index (χ3n) is 3.90. The van der Waals surface area contributed by atoms with Crippen LogP contribution in [0.25, 0.3) is 11.3 Å². The molecule has 0 atom stereocenters. The summed E-state index contributed by atoms with van der Waals surface area (Å²) >= 11 is 0. The van der Waals surface area contributed by atoms with Gasteiger partial charge in [-0.2, -0.15) is 0 Å². The van der Waals surface area contributed by atoms with Crippen molar-refractivity contribution in [2.75, 3.05) is 6.79 Å². The summed E-state index contributed by atoms with van der Waals surface area (Å²) in [4.78, 5) is 16.7. The van der Waals surface area contributed by atoms with Gasteiger partial charge in [0, 0.05) is 24.5 Å². The smallest absolute Gasteiger partial charge is 0.257 e. The summed E-state index contributed by atoms with van der Waals surface area (Å²) in [7, 11) is 0. The number of rotatable bonds is 4. The standard InChI is InChI=1S/C18H15N3O4/c1-11-16(17(25-21-11)13-3-2-6-19-9-13)18(22)20-8-12-4-5-14-15(7-12)24-10-23-14/h2-7,9H,8,10H2,1H3,(H,20,22). The largest absolute Gasteiger partial charge is 0.454 e.